The van der Waals surface area contributed by atoms with Crippen LogP contribution in [0, 0.1) is 23.7 Å². The van der Waals surface area contributed by atoms with Crippen molar-refractivity contribution < 1.29 is 0 Å². The second kappa shape index (κ2) is 14.3. The third kappa shape index (κ3) is 5.87. The van der Waals surface area contributed by atoms with Gasteiger partial charge in [0.2, 0.25) is 0 Å². The molecule has 0 amide bonds. The van der Waals surface area contributed by atoms with Crippen LogP contribution in [0.1, 0.15) is 60.9 Å². The van der Waals surface area contributed by atoms with Gasteiger partial charge in [-0.15, -0.1) is 0 Å². The molecule has 3 N–H and O–H groups in total. The number of hydrogen-bond donors (Lipinski definition) is 2. The van der Waals surface area contributed by atoms with Crippen LogP contribution in [0.2, 0.25) is 0 Å². The summed E-state index contributed by atoms with van der Waals surface area (Å²) >= 11 is 0. The summed E-state index contributed by atoms with van der Waals surface area (Å²) in [6, 6.07) is 36.4. The zero-order chi connectivity index (χ0) is 37.9. The average molecular weight is 740 g/mol. The Morgan fingerprint density at radius 2 is 1.51 bits per heavy atom. The number of fused-ring (bicyclic) bond motifs is 9. The smallest absolute Gasteiger partial charge is 0.0812 e. The van der Waals surface area contributed by atoms with Crippen molar-refractivity contribution in [3.05, 3.63) is 213 Å². The predicted molar refractivity (Wildman–Crippen MR) is 237 cm³/mol. The average Bonchev–Trinajstić information content (AvgIpc) is 3.63. The summed E-state index contributed by atoms with van der Waals surface area (Å²) in [5.41, 5.74) is 19.5. The summed E-state index contributed by atoms with van der Waals surface area (Å²) in [4.78, 5) is 2.58. The van der Waals surface area contributed by atoms with E-state index in [2.05, 4.69) is 186 Å². The number of anilines is 1. The molecule has 0 bridgehead atoms. The van der Waals surface area contributed by atoms with Gasteiger partial charge in [0.1, 0.15) is 0 Å². The van der Waals surface area contributed by atoms with E-state index in [-0.39, 0.29) is 12.2 Å². The van der Waals surface area contributed by atoms with Crippen molar-refractivity contribution in [1.29, 1.82) is 0 Å². The topological polar surface area (TPSA) is 41.3 Å². The van der Waals surface area contributed by atoms with E-state index in [0.717, 1.165) is 37.7 Å². The minimum atomic E-state index is -0.277. The zero-order valence-electron chi connectivity index (χ0n) is 32.3. The molecule has 11 rings (SSSR count). The van der Waals surface area contributed by atoms with Gasteiger partial charge in [0.15, 0.2) is 0 Å². The van der Waals surface area contributed by atoms with E-state index in [1.807, 2.05) is 0 Å². The van der Waals surface area contributed by atoms with Crippen LogP contribution in [0.5, 0.6) is 0 Å². The van der Waals surface area contributed by atoms with E-state index in [1.165, 1.54) is 60.2 Å². The number of allylic oxidation sites excluding steroid dienone is 10. The SMILES string of the molecule is NC(NC(CCC1C=c2ccccc2=C2C=CC=CC21)C1C=CC=CC1)c1ccc(N2C3=C(CCC=C3)C3C2=c2ccccc2=C2C=Cc4ccccc4C23)cc1. The molecular weight excluding hydrogens is 691 g/mol. The molecule has 0 aromatic heterocycles. The van der Waals surface area contributed by atoms with Crippen molar-refractivity contribution in [3.8, 4) is 0 Å². The molecule has 0 saturated heterocycles. The van der Waals surface area contributed by atoms with Gasteiger partial charge in [-0.1, -0.05) is 158 Å². The van der Waals surface area contributed by atoms with Gasteiger partial charge in [-0.2, -0.15) is 0 Å². The molecule has 3 heteroatoms. The van der Waals surface area contributed by atoms with Gasteiger partial charge in [0.25, 0.3) is 0 Å². The molecule has 7 atom stereocenters. The molecule has 57 heavy (non-hydrogen) atoms. The van der Waals surface area contributed by atoms with E-state index in [1.54, 1.807) is 5.57 Å². The molecule has 0 saturated carbocycles. The molecule has 0 spiro atoms. The monoisotopic (exact) mass is 739 g/mol. The lowest BCUT2D eigenvalue weighted by Crippen LogP contribution is -2.43. The van der Waals surface area contributed by atoms with Crippen molar-refractivity contribution in [2.75, 3.05) is 4.90 Å². The quantitative estimate of drug-likeness (QED) is 0.179. The minimum Gasteiger partial charge on any atom is -0.313 e. The van der Waals surface area contributed by atoms with Crippen molar-refractivity contribution in [3.63, 3.8) is 0 Å². The van der Waals surface area contributed by atoms with Crippen LogP contribution in [0.25, 0.3) is 29.0 Å². The Hall–Kier alpha value is -5.74. The van der Waals surface area contributed by atoms with E-state index in [0.29, 0.717) is 29.6 Å². The fraction of sp³-hybridized carbons (Fsp3) is 0.222. The first-order valence-electron chi connectivity index (χ1n) is 21.1. The zero-order valence-corrected chi connectivity index (χ0v) is 32.3. The molecule has 4 aromatic rings. The maximum atomic E-state index is 7.14. The summed E-state index contributed by atoms with van der Waals surface area (Å²) in [7, 11) is 0. The van der Waals surface area contributed by atoms with E-state index >= 15 is 0 Å². The Balaban J connectivity index is 0.902. The molecular formula is C54H49N3. The molecule has 0 fully saturated rings. The van der Waals surface area contributed by atoms with Crippen molar-refractivity contribution in [1.82, 2.24) is 5.32 Å². The third-order valence-electron chi connectivity index (χ3n) is 13.7. The normalized spacial score (nSPS) is 25.5. The number of nitrogens with zero attached hydrogens (tertiary/aromatic N) is 1. The number of nitrogens with two attached hydrogens (primary N) is 1. The first kappa shape index (κ1) is 34.5. The predicted octanol–water partition coefficient (Wildman–Crippen LogP) is 8.34. The van der Waals surface area contributed by atoms with Gasteiger partial charge >= 0.3 is 0 Å². The van der Waals surface area contributed by atoms with Crippen LogP contribution in [0.15, 0.2) is 175 Å². The number of benzene rings is 4. The third-order valence-corrected chi connectivity index (χ3v) is 13.7. The summed E-state index contributed by atoms with van der Waals surface area (Å²) < 4.78 is 0. The van der Waals surface area contributed by atoms with Gasteiger partial charge < -0.3 is 10.6 Å². The number of hydrogen-bond acceptors (Lipinski definition) is 3. The van der Waals surface area contributed by atoms with Gasteiger partial charge in [0.05, 0.1) is 6.17 Å². The van der Waals surface area contributed by atoms with Crippen molar-refractivity contribution >= 4 is 34.7 Å². The largest absolute Gasteiger partial charge is 0.313 e. The minimum absolute atomic E-state index is 0.254. The lowest BCUT2D eigenvalue weighted by molar-refractivity contribution is 0.325. The number of nitrogens with one attached hydrogen (secondary N) is 1. The highest BCUT2D eigenvalue weighted by Gasteiger charge is 2.45. The Labute approximate surface area is 336 Å². The Morgan fingerprint density at radius 3 is 2.39 bits per heavy atom. The number of rotatable bonds is 8. The van der Waals surface area contributed by atoms with Crippen molar-refractivity contribution in [2.24, 2.45) is 29.4 Å². The van der Waals surface area contributed by atoms with Gasteiger partial charge in [0, 0.05) is 46.1 Å². The van der Waals surface area contributed by atoms with Crippen LogP contribution >= 0.6 is 0 Å². The molecule has 4 aromatic carbocycles. The van der Waals surface area contributed by atoms with Crippen LogP contribution in [-0.4, -0.2) is 6.04 Å². The second-order valence-corrected chi connectivity index (χ2v) is 16.8. The molecule has 6 aliphatic carbocycles. The molecule has 7 unspecified atom stereocenters. The fourth-order valence-electron chi connectivity index (χ4n) is 11.1. The molecule has 3 nitrogen and oxygen atoms in total. The Morgan fingerprint density at radius 1 is 0.702 bits per heavy atom. The first-order chi connectivity index (χ1) is 28.2. The highest BCUT2D eigenvalue weighted by atomic mass is 15.2. The molecule has 1 aliphatic heterocycles. The Bertz CT molecular complexity index is 2750. The van der Waals surface area contributed by atoms with Crippen LogP contribution in [0.3, 0.4) is 0 Å². The fourth-order valence-corrected chi connectivity index (χ4v) is 11.1. The lowest BCUT2D eigenvalue weighted by atomic mass is 9.68. The molecule has 7 aliphatic rings. The van der Waals surface area contributed by atoms with Gasteiger partial charge in [-0.3, -0.25) is 5.32 Å². The van der Waals surface area contributed by atoms with E-state index in [9.17, 15) is 0 Å². The summed E-state index contributed by atoms with van der Waals surface area (Å²) in [6.45, 7) is 0. The van der Waals surface area contributed by atoms with Crippen LogP contribution in [0.4, 0.5) is 5.69 Å². The maximum Gasteiger partial charge on any atom is 0.0812 e. The summed E-state index contributed by atoms with van der Waals surface area (Å²) in [6.07, 6.45) is 35.3. The lowest BCUT2D eigenvalue weighted by Gasteiger charge is -2.36. The standard InChI is InChI=1S/C54H49N3/c55-54(56-49(36-15-2-1-3-16-36)33-29-39-34-38-17-5-6-18-41(38)44-21-9-8-19-42(39)44)37-26-30-40(31-27-37)57-50-25-13-12-24-48(50)52-51-43-20-7-4-14-35(43)28-32-46(51)45-22-10-11-23-47(45)53(52)57/h1-11,13-15,17-23,25-28,30-32,34,36,39,42,49,51-52,54,56H,12,16,24,29,33,55H2. The Kier molecular flexibility index (Phi) is 8.67. The summed E-state index contributed by atoms with van der Waals surface area (Å²) in [5.74, 6) is 1.86. The highest BCUT2D eigenvalue weighted by molar-refractivity contribution is 5.90. The molecule has 1 heterocycles. The summed E-state index contributed by atoms with van der Waals surface area (Å²) in [5, 5.41) is 9.40. The van der Waals surface area contributed by atoms with Crippen LogP contribution in [-0.2, 0) is 0 Å². The van der Waals surface area contributed by atoms with E-state index < -0.39 is 0 Å². The molecule has 280 valence electrons. The van der Waals surface area contributed by atoms with Crippen LogP contribution < -0.4 is 36.8 Å². The van der Waals surface area contributed by atoms with Gasteiger partial charge in [-0.25, -0.2) is 0 Å². The first-order valence-corrected chi connectivity index (χ1v) is 21.1. The van der Waals surface area contributed by atoms with E-state index in [4.69, 9.17) is 5.73 Å². The molecule has 0 radical (unpaired) electrons. The maximum absolute atomic E-state index is 7.14. The van der Waals surface area contributed by atoms with Crippen molar-refractivity contribution in [2.45, 2.75) is 50.2 Å². The van der Waals surface area contributed by atoms with Gasteiger partial charge in [-0.05, 0) is 111 Å². The highest BCUT2D eigenvalue weighted by Crippen LogP contribution is 2.55. The second-order valence-electron chi connectivity index (χ2n) is 16.8.